The number of nitrogens with zero attached hydrogens (tertiary/aromatic N) is 1. The number of benzene rings is 1. The molecule has 0 radical (unpaired) electrons. The fourth-order valence-electron chi connectivity index (χ4n) is 3.77. The summed E-state index contributed by atoms with van der Waals surface area (Å²) in [7, 11) is 0. The van der Waals surface area contributed by atoms with Gasteiger partial charge in [-0.25, -0.2) is 4.79 Å². The Bertz CT molecular complexity index is 896. The molecule has 3 unspecified atom stereocenters. The normalized spacial score (nSPS) is 14.7. The molecule has 3 amide bonds. The van der Waals surface area contributed by atoms with Crippen molar-refractivity contribution >= 4 is 17.9 Å². The molecule has 0 aliphatic heterocycles. The Morgan fingerprint density at radius 2 is 1.54 bits per heavy atom. The Labute approximate surface area is 212 Å². The van der Waals surface area contributed by atoms with Gasteiger partial charge in [-0.15, -0.1) is 0 Å². The summed E-state index contributed by atoms with van der Waals surface area (Å²) in [4.78, 5) is 42.0. The number of aryl methyl sites for hydroxylation is 2. The summed E-state index contributed by atoms with van der Waals surface area (Å²) in [5.74, 6) is -0.738. The van der Waals surface area contributed by atoms with Gasteiger partial charge in [-0.1, -0.05) is 38.5 Å². The van der Waals surface area contributed by atoms with Crippen molar-refractivity contribution in [3.63, 3.8) is 0 Å². The maximum atomic E-state index is 14.1. The van der Waals surface area contributed by atoms with Gasteiger partial charge in [0.15, 0.2) is 0 Å². The van der Waals surface area contributed by atoms with Gasteiger partial charge in [0.1, 0.15) is 17.7 Å². The van der Waals surface area contributed by atoms with Crippen molar-refractivity contribution in [1.82, 2.24) is 15.5 Å². The second-order valence-electron chi connectivity index (χ2n) is 11.8. The average Bonchev–Trinajstić information content (AvgIpc) is 2.68. The molecule has 1 aromatic carbocycles. The van der Waals surface area contributed by atoms with Crippen LogP contribution in [-0.2, 0) is 14.3 Å². The summed E-state index contributed by atoms with van der Waals surface area (Å²) in [5.41, 5.74) is 1.70. The lowest BCUT2D eigenvalue weighted by atomic mass is 9.93. The Hall–Kier alpha value is -2.57. The number of carbonyl (C=O) groups excluding carboxylic acids is 3. The van der Waals surface area contributed by atoms with Crippen LogP contribution in [-0.4, -0.2) is 46.0 Å². The molecule has 0 bridgehead atoms. The summed E-state index contributed by atoms with van der Waals surface area (Å²) in [6.07, 6.45) is 0.0161. The van der Waals surface area contributed by atoms with Crippen LogP contribution in [0, 0.1) is 19.8 Å². The van der Waals surface area contributed by atoms with E-state index in [1.165, 1.54) is 0 Å². The zero-order valence-corrected chi connectivity index (χ0v) is 23.8. The third-order valence-corrected chi connectivity index (χ3v) is 5.83. The van der Waals surface area contributed by atoms with Gasteiger partial charge >= 0.3 is 6.09 Å². The molecular weight excluding hydrogens is 442 g/mol. The zero-order chi connectivity index (χ0) is 27.3. The number of rotatable bonds is 8. The molecule has 3 atom stereocenters. The van der Waals surface area contributed by atoms with E-state index >= 15 is 0 Å². The Kier molecular flexibility index (Phi) is 10.4. The van der Waals surface area contributed by atoms with Crippen LogP contribution in [0.2, 0.25) is 0 Å². The minimum atomic E-state index is -0.854. The molecule has 0 fully saturated rings. The number of carbonyl (C=O) groups is 3. The van der Waals surface area contributed by atoms with Crippen molar-refractivity contribution in [2.75, 3.05) is 0 Å². The minimum absolute atomic E-state index is 0.164. The van der Waals surface area contributed by atoms with E-state index in [-0.39, 0.29) is 23.8 Å². The van der Waals surface area contributed by atoms with E-state index in [2.05, 4.69) is 10.6 Å². The van der Waals surface area contributed by atoms with E-state index in [0.717, 1.165) is 16.7 Å². The third-order valence-electron chi connectivity index (χ3n) is 5.83. The molecule has 0 saturated carbocycles. The van der Waals surface area contributed by atoms with Crippen molar-refractivity contribution < 1.29 is 19.1 Å². The number of amides is 3. The van der Waals surface area contributed by atoms with Crippen LogP contribution >= 0.6 is 0 Å². The van der Waals surface area contributed by atoms with Gasteiger partial charge in [0.05, 0.1) is 0 Å². The zero-order valence-electron chi connectivity index (χ0n) is 23.8. The van der Waals surface area contributed by atoms with Crippen molar-refractivity contribution in [3.8, 4) is 0 Å². The quantitative estimate of drug-likeness (QED) is 0.509. The second kappa shape index (κ2) is 11.9. The van der Waals surface area contributed by atoms with Crippen LogP contribution in [0.5, 0.6) is 0 Å². The predicted octanol–water partition coefficient (Wildman–Crippen LogP) is 5.44. The standard InChI is InChI=1S/C28H47N3O4/c1-13-18(4)22(29-26(34)35-28(10,11)12)25(33)31(17(2)3)23(24(32)30-27(7,8)9)21-15-14-19(5)20(6)16-21/h14-18,22-23H,13H2,1-12H3,(H,29,34)(H,30,32). The first-order valence-electron chi connectivity index (χ1n) is 12.6. The highest BCUT2D eigenvalue weighted by molar-refractivity contribution is 5.92. The molecule has 0 saturated heterocycles. The lowest BCUT2D eigenvalue weighted by molar-refractivity contribution is -0.146. The van der Waals surface area contributed by atoms with Crippen LogP contribution in [0.1, 0.15) is 98.4 Å². The average molecular weight is 490 g/mol. The summed E-state index contributed by atoms with van der Waals surface area (Å²) >= 11 is 0. The van der Waals surface area contributed by atoms with Crippen molar-refractivity contribution in [1.29, 1.82) is 0 Å². The Morgan fingerprint density at radius 3 is 1.97 bits per heavy atom. The molecule has 0 aromatic heterocycles. The van der Waals surface area contributed by atoms with Gasteiger partial charge in [0.25, 0.3) is 0 Å². The molecule has 35 heavy (non-hydrogen) atoms. The molecule has 0 spiro atoms. The summed E-state index contributed by atoms with van der Waals surface area (Å²) in [6.45, 7) is 22.7. The molecule has 7 nitrogen and oxygen atoms in total. The second-order valence-corrected chi connectivity index (χ2v) is 11.8. The highest BCUT2D eigenvalue weighted by atomic mass is 16.6. The van der Waals surface area contributed by atoms with Crippen LogP contribution in [0.15, 0.2) is 18.2 Å². The maximum Gasteiger partial charge on any atom is 0.408 e. The number of hydrogen-bond donors (Lipinski definition) is 2. The number of alkyl carbamates (subject to hydrolysis) is 1. The molecule has 1 rings (SSSR count). The predicted molar refractivity (Wildman–Crippen MR) is 141 cm³/mol. The van der Waals surface area contributed by atoms with E-state index in [9.17, 15) is 14.4 Å². The van der Waals surface area contributed by atoms with E-state index in [0.29, 0.717) is 6.42 Å². The molecule has 198 valence electrons. The fraction of sp³-hybridized carbons (Fsp3) is 0.679. The summed E-state index contributed by atoms with van der Waals surface area (Å²) in [6, 6.07) is 3.84. The van der Waals surface area contributed by atoms with Crippen LogP contribution in [0.4, 0.5) is 4.79 Å². The van der Waals surface area contributed by atoms with Gasteiger partial charge < -0.3 is 20.3 Å². The summed E-state index contributed by atoms with van der Waals surface area (Å²) < 4.78 is 5.44. The first-order chi connectivity index (χ1) is 15.9. The highest BCUT2D eigenvalue weighted by Gasteiger charge is 2.40. The number of hydrogen-bond acceptors (Lipinski definition) is 4. The van der Waals surface area contributed by atoms with Crippen molar-refractivity contribution in [3.05, 3.63) is 34.9 Å². The van der Waals surface area contributed by atoms with Gasteiger partial charge in [0.2, 0.25) is 11.8 Å². The van der Waals surface area contributed by atoms with Crippen LogP contribution < -0.4 is 10.6 Å². The molecular formula is C28H47N3O4. The Balaban J connectivity index is 3.57. The SMILES string of the molecule is CCC(C)C(NC(=O)OC(C)(C)C)C(=O)N(C(C)C)C(C(=O)NC(C)(C)C)c1ccc(C)c(C)c1. The number of nitrogens with one attached hydrogen (secondary N) is 2. The van der Waals surface area contributed by atoms with E-state index in [1.54, 1.807) is 25.7 Å². The first-order valence-corrected chi connectivity index (χ1v) is 12.6. The van der Waals surface area contributed by atoms with E-state index < -0.39 is 29.3 Å². The van der Waals surface area contributed by atoms with E-state index in [4.69, 9.17) is 4.74 Å². The van der Waals surface area contributed by atoms with Crippen molar-refractivity contribution in [2.24, 2.45) is 5.92 Å². The van der Waals surface area contributed by atoms with E-state index in [1.807, 2.05) is 80.5 Å². The molecule has 0 aliphatic rings. The molecule has 7 heteroatoms. The lowest BCUT2D eigenvalue weighted by Crippen LogP contribution is -2.58. The fourth-order valence-corrected chi connectivity index (χ4v) is 3.77. The van der Waals surface area contributed by atoms with Crippen molar-refractivity contribution in [2.45, 2.75) is 119 Å². The van der Waals surface area contributed by atoms with Crippen LogP contribution in [0.25, 0.3) is 0 Å². The Morgan fingerprint density at radius 1 is 0.971 bits per heavy atom. The monoisotopic (exact) mass is 489 g/mol. The molecule has 0 aliphatic carbocycles. The first kappa shape index (κ1) is 30.5. The third kappa shape index (κ3) is 9.19. The number of ether oxygens (including phenoxy) is 1. The molecule has 1 aromatic rings. The topological polar surface area (TPSA) is 87.7 Å². The van der Waals surface area contributed by atoms with Gasteiger partial charge in [-0.3, -0.25) is 9.59 Å². The largest absolute Gasteiger partial charge is 0.444 e. The highest BCUT2D eigenvalue weighted by Crippen LogP contribution is 2.28. The molecule has 2 N–H and O–H groups in total. The van der Waals surface area contributed by atoms with Gasteiger partial charge in [-0.2, -0.15) is 0 Å². The van der Waals surface area contributed by atoms with Gasteiger partial charge in [0, 0.05) is 11.6 Å². The molecule has 0 heterocycles. The van der Waals surface area contributed by atoms with Gasteiger partial charge in [-0.05, 0) is 91.8 Å². The maximum absolute atomic E-state index is 14.1. The smallest absolute Gasteiger partial charge is 0.408 e. The lowest BCUT2D eigenvalue weighted by Gasteiger charge is -2.39. The summed E-state index contributed by atoms with van der Waals surface area (Å²) in [5, 5.41) is 5.84. The minimum Gasteiger partial charge on any atom is -0.444 e. The van der Waals surface area contributed by atoms with Crippen LogP contribution in [0.3, 0.4) is 0 Å².